The van der Waals surface area contributed by atoms with E-state index in [1.807, 2.05) is 12.1 Å². The summed E-state index contributed by atoms with van der Waals surface area (Å²) >= 11 is 0. The Balaban J connectivity index is 2.36. The second-order valence-corrected chi connectivity index (χ2v) is 7.68. The van der Waals surface area contributed by atoms with Crippen LogP contribution in [0.1, 0.15) is 35.3 Å². The molecule has 140 valence electrons. The number of aromatic carboxylic acids is 1. The molecule has 0 aliphatic heterocycles. The molecule has 0 fully saturated rings. The van der Waals surface area contributed by atoms with Crippen LogP contribution in [0.25, 0.3) is 0 Å². The third kappa shape index (κ3) is 4.16. The summed E-state index contributed by atoms with van der Waals surface area (Å²) in [5, 5.41) is 11.1. The molecule has 0 spiro atoms. The fraction of sp³-hybridized carbons (Fsp3) is 0.316. The summed E-state index contributed by atoms with van der Waals surface area (Å²) in [4.78, 5) is 13.2. The Bertz CT molecular complexity index is 902. The molecule has 0 atom stereocenters. The molecule has 2 aromatic carbocycles. The van der Waals surface area contributed by atoms with Gasteiger partial charge in [0.15, 0.2) is 0 Å². The molecular formula is C19H23N2O4S-. The number of anilines is 2. The average Bonchev–Trinajstić information content (AvgIpc) is 2.59. The van der Waals surface area contributed by atoms with Crippen LogP contribution in [0.15, 0.2) is 41.3 Å². The summed E-state index contributed by atoms with van der Waals surface area (Å²) in [5.74, 6) is -1.41. The average molecular weight is 375 g/mol. The lowest BCUT2D eigenvalue weighted by Gasteiger charge is -2.21. The minimum atomic E-state index is -3.92. The highest BCUT2D eigenvalue weighted by Crippen LogP contribution is 2.25. The highest BCUT2D eigenvalue weighted by molar-refractivity contribution is 7.92. The first-order chi connectivity index (χ1) is 12.2. The fourth-order valence-corrected chi connectivity index (χ4v) is 4.17. The number of benzene rings is 2. The zero-order valence-corrected chi connectivity index (χ0v) is 16.2. The summed E-state index contributed by atoms with van der Waals surface area (Å²) in [7, 11) is -3.92. The van der Waals surface area contributed by atoms with E-state index in [0.717, 1.165) is 24.8 Å². The number of hydrogen-bond donors (Lipinski definition) is 1. The molecule has 0 aromatic heterocycles. The van der Waals surface area contributed by atoms with E-state index in [4.69, 9.17) is 0 Å². The van der Waals surface area contributed by atoms with Crippen LogP contribution < -0.4 is 14.7 Å². The smallest absolute Gasteiger partial charge is 0.262 e. The predicted molar refractivity (Wildman–Crippen MR) is 101 cm³/mol. The number of carboxylic acid groups (broad SMARTS) is 1. The largest absolute Gasteiger partial charge is 0.545 e. The van der Waals surface area contributed by atoms with Crippen LogP contribution in [-0.4, -0.2) is 27.5 Å². The maximum atomic E-state index is 12.7. The summed E-state index contributed by atoms with van der Waals surface area (Å²) < 4.78 is 28.0. The van der Waals surface area contributed by atoms with Crippen molar-refractivity contribution in [2.45, 2.75) is 32.6 Å². The molecule has 0 saturated carbocycles. The monoisotopic (exact) mass is 375 g/mol. The van der Waals surface area contributed by atoms with Gasteiger partial charge >= 0.3 is 0 Å². The molecule has 0 unspecified atom stereocenters. The molecule has 0 aliphatic carbocycles. The molecule has 0 aliphatic rings. The molecule has 0 saturated heterocycles. The van der Waals surface area contributed by atoms with Gasteiger partial charge in [-0.25, -0.2) is 8.42 Å². The minimum Gasteiger partial charge on any atom is -0.545 e. The Hall–Kier alpha value is -2.54. The van der Waals surface area contributed by atoms with Crippen molar-refractivity contribution < 1.29 is 18.3 Å². The number of nitrogens with one attached hydrogen (secondary N) is 1. The van der Waals surface area contributed by atoms with E-state index in [-0.39, 0.29) is 10.5 Å². The van der Waals surface area contributed by atoms with E-state index in [0.29, 0.717) is 16.8 Å². The van der Waals surface area contributed by atoms with E-state index in [1.54, 1.807) is 26.0 Å². The van der Waals surface area contributed by atoms with Crippen molar-refractivity contribution in [3.8, 4) is 0 Å². The van der Waals surface area contributed by atoms with Crippen molar-refractivity contribution in [2.75, 3.05) is 22.7 Å². The molecule has 0 amide bonds. The number of carbonyl (C=O) groups is 1. The number of aryl methyl sites for hydroxylation is 1. The maximum Gasteiger partial charge on any atom is 0.262 e. The van der Waals surface area contributed by atoms with Crippen molar-refractivity contribution in [2.24, 2.45) is 0 Å². The Labute approximate surface area is 154 Å². The van der Waals surface area contributed by atoms with Crippen LogP contribution in [0.4, 0.5) is 11.4 Å². The van der Waals surface area contributed by atoms with Gasteiger partial charge in [0, 0.05) is 24.5 Å². The summed E-state index contributed by atoms with van der Waals surface area (Å²) in [5.41, 5.74) is 2.33. The lowest BCUT2D eigenvalue weighted by Crippen LogP contribution is -2.24. The number of hydrogen-bond acceptors (Lipinski definition) is 5. The van der Waals surface area contributed by atoms with E-state index in [1.165, 1.54) is 6.07 Å². The standard InChI is InChI=1S/C19H24N2O4S/c1-5-21(6-2)17-9-7-16(8-10-17)20-26(24,25)18-12-15(19(22)23)11-13(3)14(18)4/h7-12,20H,5-6H2,1-4H3,(H,22,23)/p-1. The molecule has 2 aromatic rings. The first-order valence-corrected chi connectivity index (χ1v) is 9.88. The van der Waals surface area contributed by atoms with Crippen molar-refractivity contribution in [1.29, 1.82) is 0 Å². The van der Waals surface area contributed by atoms with Gasteiger partial charge in [0.25, 0.3) is 10.0 Å². The van der Waals surface area contributed by atoms with Crippen LogP contribution in [0.3, 0.4) is 0 Å². The second-order valence-electron chi connectivity index (χ2n) is 6.03. The van der Waals surface area contributed by atoms with Crippen molar-refractivity contribution in [1.82, 2.24) is 0 Å². The Morgan fingerprint density at radius 3 is 2.15 bits per heavy atom. The molecule has 7 heteroatoms. The van der Waals surface area contributed by atoms with Gasteiger partial charge in [-0.05, 0) is 80.8 Å². The molecule has 2 rings (SSSR count). The van der Waals surface area contributed by atoms with Crippen molar-refractivity contribution >= 4 is 27.4 Å². The number of rotatable bonds is 7. The second kappa shape index (κ2) is 7.78. The Kier molecular flexibility index (Phi) is 5.92. The maximum absolute atomic E-state index is 12.7. The van der Waals surface area contributed by atoms with E-state index < -0.39 is 16.0 Å². The Morgan fingerprint density at radius 2 is 1.65 bits per heavy atom. The molecule has 26 heavy (non-hydrogen) atoms. The van der Waals surface area contributed by atoms with Crippen molar-refractivity contribution in [3.05, 3.63) is 53.1 Å². The summed E-state index contributed by atoms with van der Waals surface area (Å²) in [6, 6.07) is 9.61. The normalized spacial score (nSPS) is 11.2. The first kappa shape index (κ1) is 19.8. The number of sulfonamides is 1. The molecule has 0 bridgehead atoms. The van der Waals surface area contributed by atoms with Gasteiger partial charge in [-0.2, -0.15) is 0 Å². The van der Waals surface area contributed by atoms with Gasteiger partial charge in [-0.3, -0.25) is 4.72 Å². The van der Waals surface area contributed by atoms with Gasteiger partial charge in [0.05, 0.1) is 10.9 Å². The summed E-state index contributed by atoms with van der Waals surface area (Å²) in [6.07, 6.45) is 0. The van der Waals surface area contributed by atoms with E-state index >= 15 is 0 Å². The van der Waals surface area contributed by atoms with Gasteiger partial charge in [-0.1, -0.05) is 0 Å². The van der Waals surface area contributed by atoms with Crippen LogP contribution in [0, 0.1) is 13.8 Å². The lowest BCUT2D eigenvalue weighted by atomic mass is 10.1. The highest BCUT2D eigenvalue weighted by atomic mass is 32.2. The molecule has 1 N–H and O–H groups in total. The number of carboxylic acids is 1. The first-order valence-electron chi connectivity index (χ1n) is 8.40. The SMILES string of the molecule is CCN(CC)c1ccc(NS(=O)(=O)c2cc(C(=O)[O-])cc(C)c2C)cc1. The minimum absolute atomic E-state index is 0.0653. The molecule has 0 radical (unpaired) electrons. The van der Waals surface area contributed by atoms with Crippen LogP contribution in [-0.2, 0) is 10.0 Å². The third-order valence-electron chi connectivity index (χ3n) is 4.39. The lowest BCUT2D eigenvalue weighted by molar-refractivity contribution is -0.255. The predicted octanol–water partition coefficient (Wildman–Crippen LogP) is 2.31. The molecule has 0 heterocycles. The van der Waals surface area contributed by atoms with Gasteiger partial charge in [0.1, 0.15) is 0 Å². The number of carbonyl (C=O) groups excluding carboxylic acids is 1. The Morgan fingerprint density at radius 1 is 1.08 bits per heavy atom. The van der Waals surface area contributed by atoms with Crippen molar-refractivity contribution in [3.63, 3.8) is 0 Å². The molecular weight excluding hydrogens is 352 g/mol. The zero-order chi connectivity index (χ0) is 19.5. The van der Waals surface area contributed by atoms with E-state index in [9.17, 15) is 18.3 Å². The van der Waals surface area contributed by atoms with Crippen LogP contribution >= 0.6 is 0 Å². The van der Waals surface area contributed by atoms with Gasteiger partial charge in [0.2, 0.25) is 0 Å². The molecule has 6 nitrogen and oxygen atoms in total. The third-order valence-corrected chi connectivity index (χ3v) is 5.90. The number of nitrogens with zero attached hydrogens (tertiary/aromatic N) is 1. The summed E-state index contributed by atoms with van der Waals surface area (Å²) in [6.45, 7) is 9.13. The van der Waals surface area contributed by atoms with Gasteiger partial charge < -0.3 is 14.8 Å². The van der Waals surface area contributed by atoms with E-state index in [2.05, 4.69) is 23.5 Å². The quantitative estimate of drug-likeness (QED) is 0.802. The van der Waals surface area contributed by atoms with Gasteiger partial charge in [-0.15, -0.1) is 0 Å². The highest BCUT2D eigenvalue weighted by Gasteiger charge is 2.19. The zero-order valence-electron chi connectivity index (χ0n) is 15.4. The topological polar surface area (TPSA) is 89.5 Å². The van der Waals surface area contributed by atoms with Crippen LogP contribution in [0.5, 0.6) is 0 Å². The fourth-order valence-electron chi connectivity index (χ4n) is 2.76. The van der Waals surface area contributed by atoms with Crippen LogP contribution in [0.2, 0.25) is 0 Å².